The van der Waals surface area contributed by atoms with E-state index in [-0.39, 0.29) is 25.1 Å². The lowest BCUT2D eigenvalue weighted by atomic mass is 9.93. The number of nitrogens with one attached hydrogen (secondary N) is 1. The monoisotopic (exact) mass is 526 g/mol. The van der Waals surface area contributed by atoms with Crippen molar-refractivity contribution in [2.45, 2.75) is 77.1 Å². The van der Waals surface area contributed by atoms with E-state index in [1.54, 1.807) is 6.20 Å². The predicted octanol–water partition coefficient (Wildman–Crippen LogP) is 5.17. The van der Waals surface area contributed by atoms with Crippen molar-refractivity contribution in [3.8, 4) is 11.1 Å². The van der Waals surface area contributed by atoms with E-state index >= 15 is 0 Å². The molecule has 7 nitrogen and oxygen atoms in total. The largest absolute Gasteiger partial charge is 0.393 e. The summed E-state index contributed by atoms with van der Waals surface area (Å²) in [7, 11) is 0. The molecule has 2 aliphatic rings. The quantitative estimate of drug-likeness (QED) is 0.401. The van der Waals surface area contributed by atoms with Crippen molar-refractivity contribution in [2.24, 2.45) is 0 Å². The fourth-order valence-electron chi connectivity index (χ4n) is 5.74. The molecule has 2 fully saturated rings. The first-order valence-electron chi connectivity index (χ1n) is 14.0. The van der Waals surface area contributed by atoms with Crippen LogP contribution in [0.3, 0.4) is 0 Å². The molecule has 5 rings (SSSR count). The van der Waals surface area contributed by atoms with Crippen molar-refractivity contribution in [1.82, 2.24) is 24.3 Å². The number of aliphatic hydroxyl groups is 1. The predicted molar refractivity (Wildman–Crippen MR) is 148 cm³/mol. The number of rotatable bonds is 9. The molecule has 0 bridgehead atoms. The van der Waals surface area contributed by atoms with Crippen LogP contribution in [0.2, 0.25) is 0 Å². The van der Waals surface area contributed by atoms with Gasteiger partial charge in [0, 0.05) is 81.1 Å². The van der Waals surface area contributed by atoms with E-state index in [0.29, 0.717) is 12.0 Å². The number of aromatic nitrogens is 3. The number of nitrogens with zero attached hydrogens (tertiary/aromatic N) is 5. The van der Waals surface area contributed by atoms with Crippen LogP contribution in [0.4, 0.5) is 14.7 Å². The van der Waals surface area contributed by atoms with Gasteiger partial charge in [0.1, 0.15) is 5.65 Å². The maximum Gasteiger partial charge on any atom is 0.240 e. The third-order valence-electron chi connectivity index (χ3n) is 8.09. The Morgan fingerprint density at radius 3 is 2.39 bits per heavy atom. The number of alkyl halides is 2. The number of fused-ring (bicyclic) bond motifs is 1. The minimum absolute atomic E-state index is 0.125. The van der Waals surface area contributed by atoms with Gasteiger partial charge in [-0.3, -0.25) is 9.80 Å². The summed E-state index contributed by atoms with van der Waals surface area (Å²) in [5, 5.41) is 13.9. The summed E-state index contributed by atoms with van der Waals surface area (Å²) in [6.07, 6.45) is 4.42. The Labute approximate surface area is 223 Å². The molecule has 1 aromatic carbocycles. The molecule has 38 heavy (non-hydrogen) atoms. The summed E-state index contributed by atoms with van der Waals surface area (Å²) in [6.45, 7) is 10.0. The Balaban J connectivity index is 1.36. The average Bonchev–Trinajstić information content (AvgIpc) is 3.28. The lowest BCUT2D eigenvalue weighted by Gasteiger charge is -2.36. The van der Waals surface area contributed by atoms with Gasteiger partial charge in [-0.05, 0) is 50.7 Å². The average molecular weight is 527 g/mol. The molecule has 206 valence electrons. The molecule has 0 atom stereocenters. The second kappa shape index (κ2) is 12.1. The highest BCUT2D eigenvalue weighted by molar-refractivity contribution is 5.94. The van der Waals surface area contributed by atoms with Crippen molar-refractivity contribution in [3.63, 3.8) is 0 Å². The smallest absolute Gasteiger partial charge is 0.240 e. The van der Waals surface area contributed by atoms with E-state index in [1.807, 2.05) is 0 Å². The summed E-state index contributed by atoms with van der Waals surface area (Å²) >= 11 is 0. The summed E-state index contributed by atoms with van der Waals surface area (Å²) in [5.74, 6) is 0.368. The van der Waals surface area contributed by atoms with Gasteiger partial charge in [-0.1, -0.05) is 24.3 Å². The van der Waals surface area contributed by atoms with Crippen LogP contribution in [0.5, 0.6) is 0 Å². The summed E-state index contributed by atoms with van der Waals surface area (Å²) in [6, 6.07) is 9.63. The highest BCUT2D eigenvalue weighted by Crippen LogP contribution is 2.36. The molecule has 3 aromatic rings. The molecular weight excluding hydrogens is 486 g/mol. The molecule has 0 unspecified atom stereocenters. The summed E-state index contributed by atoms with van der Waals surface area (Å²) in [5.41, 5.74) is 4.30. The minimum Gasteiger partial charge on any atom is -0.393 e. The van der Waals surface area contributed by atoms with Crippen molar-refractivity contribution in [1.29, 1.82) is 0 Å². The zero-order valence-corrected chi connectivity index (χ0v) is 22.5. The second-order valence-corrected chi connectivity index (χ2v) is 11.1. The van der Waals surface area contributed by atoms with Crippen LogP contribution in [0.25, 0.3) is 22.2 Å². The van der Waals surface area contributed by atoms with Crippen molar-refractivity contribution in [3.05, 3.63) is 42.2 Å². The highest BCUT2D eigenvalue weighted by atomic mass is 19.3. The molecule has 1 saturated heterocycles. The second-order valence-electron chi connectivity index (χ2n) is 11.1. The number of hydrogen-bond donors (Lipinski definition) is 2. The first kappa shape index (κ1) is 27.0. The lowest BCUT2D eigenvalue weighted by Crippen LogP contribution is -2.48. The van der Waals surface area contributed by atoms with E-state index in [2.05, 4.69) is 69.0 Å². The van der Waals surface area contributed by atoms with E-state index < -0.39 is 6.43 Å². The third kappa shape index (κ3) is 6.33. The Morgan fingerprint density at radius 1 is 1.03 bits per heavy atom. The Bertz CT molecular complexity index is 1180. The molecule has 2 N–H and O–H groups in total. The number of aliphatic hydroxyl groups excluding tert-OH is 1. The normalized spacial score (nSPS) is 21.6. The van der Waals surface area contributed by atoms with E-state index in [0.717, 1.165) is 80.6 Å². The maximum absolute atomic E-state index is 12.6. The van der Waals surface area contributed by atoms with Gasteiger partial charge < -0.3 is 15.0 Å². The van der Waals surface area contributed by atoms with Crippen LogP contribution >= 0.6 is 0 Å². The number of benzene rings is 1. The molecular formula is C29H40F2N6O. The van der Waals surface area contributed by atoms with Crippen LogP contribution in [0.15, 0.2) is 36.7 Å². The third-order valence-corrected chi connectivity index (χ3v) is 8.09. The molecule has 1 aliphatic carbocycles. The lowest BCUT2D eigenvalue weighted by molar-refractivity contribution is 0.104. The molecule has 0 radical (unpaired) electrons. The molecule has 3 heterocycles. The topological polar surface area (TPSA) is 69.5 Å². The SMILES string of the molecule is CC(C)N1CCN(Cc2ccc(-c3cn([C@H]4CC[C@H](O)CC4)c4nc(NCCC(F)F)ncc34)cc2)CC1. The number of anilines is 1. The van der Waals surface area contributed by atoms with Gasteiger partial charge in [-0.25, -0.2) is 13.8 Å². The number of piperazine rings is 1. The van der Waals surface area contributed by atoms with Gasteiger partial charge >= 0.3 is 0 Å². The molecule has 2 aromatic heterocycles. The molecule has 1 aliphatic heterocycles. The van der Waals surface area contributed by atoms with E-state index in [9.17, 15) is 13.9 Å². The Hall–Kier alpha value is -2.62. The van der Waals surface area contributed by atoms with Crippen molar-refractivity contribution in [2.75, 3.05) is 38.0 Å². The maximum atomic E-state index is 12.6. The Morgan fingerprint density at radius 2 is 1.74 bits per heavy atom. The van der Waals surface area contributed by atoms with Crippen LogP contribution in [0, 0.1) is 0 Å². The molecule has 0 spiro atoms. The van der Waals surface area contributed by atoms with Crippen molar-refractivity contribution >= 4 is 17.0 Å². The van der Waals surface area contributed by atoms with Gasteiger partial charge in [0.15, 0.2) is 0 Å². The molecule has 0 amide bonds. The fraction of sp³-hybridized carbons (Fsp3) is 0.586. The zero-order valence-electron chi connectivity index (χ0n) is 22.5. The van der Waals surface area contributed by atoms with E-state index in [1.165, 1.54) is 5.56 Å². The van der Waals surface area contributed by atoms with Crippen molar-refractivity contribution < 1.29 is 13.9 Å². The first-order valence-corrected chi connectivity index (χ1v) is 14.0. The minimum atomic E-state index is -2.36. The fourth-order valence-corrected chi connectivity index (χ4v) is 5.74. The number of hydrogen-bond acceptors (Lipinski definition) is 6. The Kier molecular flexibility index (Phi) is 8.55. The van der Waals surface area contributed by atoms with Crippen LogP contribution in [0.1, 0.15) is 57.6 Å². The van der Waals surface area contributed by atoms with Gasteiger partial charge in [-0.15, -0.1) is 0 Å². The first-order chi connectivity index (χ1) is 18.4. The van der Waals surface area contributed by atoms with E-state index in [4.69, 9.17) is 4.98 Å². The van der Waals surface area contributed by atoms with Crippen LogP contribution in [-0.2, 0) is 6.54 Å². The van der Waals surface area contributed by atoms with Crippen LogP contribution < -0.4 is 5.32 Å². The highest BCUT2D eigenvalue weighted by Gasteiger charge is 2.24. The molecule has 9 heteroatoms. The zero-order chi connectivity index (χ0) is 26.6. The molecule has 1 saturated carbocycles. The van der Waals surface area contributed by atoms with Crippen LogP contribution in [-0.4, -0.2) is 80.7 Å². The van der Waals surface area contributed by atoms with Gasteiger partial charge in [-0.2, -0.15) is 4.98 Å². The number of halogens is 2. The van der Waals surface area contributed by atoms with Gasteiger partial charge in [0.05, 0.1) is 6.10 Å². The van der Waals surface area contributed by atoms with Gasteiger partial charge in [0.25, 0.3) is 0 Å². The van der Waals surface area contributed by atoms with Gasteiger partial charge in [0.2, 0.25) is 12.4 Å². The summed E-state index contributed by atoms with van der Waals surface area (Å²) in [4.78, 5) is 14.2. The summed E-state index contributed by atoms with van der Waals surface area (Å²) < 4.78 is 27.4. The standard InChI is InChI=1S/C29H40F2N6O/c1-20(2)36-15-13-35(14-16-36)18-21-3-5-22(6-4-21)26-19-37(23-7-9-24(38)10-8-23)28-25(26)17-33-29(34-28)32-12-11-27(30)31/h3-6,17,19-20,23-24,27,38H,7-16,18H2,1-2H3,(H,32,33,34)/t23-,24-.